The van der Waals surface area contributed by atoms with Gasteiger partial charge in [0.05, 0.1) is 5.69 Å². The van der Waals surface area contributed by atoms with Crippen LogP contribution in [0.1, 0.15) is 20.8 Å². The van der Waals surface area contributed by atoms with Gasteiger partial charge in [0.15, 0.2) is 5.13 Å². The maximum absolute atomic E-state index is 12.0. The fraction of sp³-hybridized carbons (Fsp3) is 0.364. The molecule has 32 heavy (non-hydrogen) atoms. The Morgan fingerprint density at radius 2 is 1.97 bits per heavy atom. The van der Waals surface area contributed by atoms with Gasteiger partial charge in [0.2, 0.25) is 5.88 Å². The number of hydrogen-bond donors (Lipinski definition) is 2. The van der Waals surface area contributed by atoms with E-state index in [4.69, 9.17) is 9.47 Å². The first-order valence-electron chi connectivity index (χ1n) is 10.1. The Labute approximate surface area is 191 Å². The standard InChI is InChI=1S/C22H28N6O3S/c1-22(2,3)31-21(29)26-15-7-6-8-16(11-15)30-19-12-17(24-14-25-19)18-13-32-20(27-18)23-9-10-28(4)5/h6-8,11-14H,9-10H2,1-5H3,(H,23,27)(H,26,29). The van der Waals surface area contributed by atoms with Crippen molar-refractivity contribution in [2.75, 3.05) is 37.8 Å². The highest BCUT2D eigenvalue weighted by Gasteiger charge is 2.16. The third-order valence-electron chi connectivity index (χ3n) is 3.95. The minimum Gasteiger partial charge on any atom is -0.444 e. The summed E-state index contributed by atoms with van der Waals surface area (Å²) in [6.07, 6.45) is 0.906. The Balaban J connectivity index is 1.65. The number of thiazole rings is 1. The van der Waals surface area contributed by atoms with Crippen LogP contribution in [0.2, 0.25) is 0 Å². The highest BCUT2D eigenvalue weighted by molar-refractivity contribution is 7.14. The summed E-state index contributed by atoms with van der Waals surface area (Å²) in [5.74, 6) is 0.895. The molecule has 0 bridgehead atoms. The van der Waals surface area contributed by atoms with Crippen molar-refractivity contribution in [2.45, 2.75) is 26.4 Å². The molecule has 0 aliphatic rings. The van der Waals surface area contributed by atoms with Gasteiger partial charge < -0.3 is 19.7 Å². The van der Waals surface area contributed by atoms with E-state index >= 15 is 0 Å². The molecule has 0 unspecified atom stereocenters. The van der Waals surface area contributed by atoms with E-state index in [0.29, 0.717) is 23.0 Å². The molecule has 0 spiro atoms. The zero-order valence-electron chi connectivity index (χ0n) is 18.9. The third-order valence-corrected chi connectivity index (χ3v) is 4.75. The zero-order valence-corrected chi connectivity index (χ0v) is 19.7. The third kappa shape index (κ3) is 7.47. The quantitative estimate of drug-likeness (QED) is 0.502. The molecule has 0 aliphatic carbocycles. The lowest BCUT2D eigenvalue weighted by atomic mass is 10.2. The molecule has 9 nitrogen and oxygen atoms in total. The second-order valence-corrected chi connectivity index (χ2v) is 9.12. The average Bonchev–Trinajstić information content (AvgIpc) is 3.15. The van der Waals surface area contributed by atoms with Crippen molar-refractivity contribution in [1.29, 1.82) is 0 Å². The van der Waals surface area contributed by atoms with Gasteiger partial charge in [0.25, 0.3) is 0 Å². The number of carbonyl (C=O) groups is 1. The van der Waals surface area contributed by atoms with E-state index in [0.717, 1.165) is 23.9 Å². The maximum Gasteiger partial charge on any atom is 0.412 e. The summed E-state index contributed by atoms with van der Waals surface area (Å²) >= 11 is 1.52. The molecule has 0 aliphatic heterocycles. The van der Waals surface area contributed by atoms with E-state index in [9.17, 15) is 4.79 Å². The van der Waals surface area contributed by atoms with E-state index < -0.39 is 11.7 Å². The van der Waals surface area contributed by atoms with Gasteiger partial charge in [0.1, 0.15) is 23.4 Å². The molecule has 0 radical (unpaired) electrons. The van der Waals surface area contributed by atoms with Crippen molar-refractivity contribution in [3.63, 3.8) is 0 Å². The molecule has 10 heteroatoms. The summed E-state index contributed by atoms with van der Waals surface area (Å²) < 4.78 is 11.2. The largest absolute Gasteiger partial charge is 0.444 e. The average molecular weight is 457 g/mol. The first kappa shape index (κ1) is 23.4. The number of nitrogens with one attached hydrogen (secondary N) is 2. The summed E-state index contributed by atoms with van der Waals surface area (Å²) in [4.78, 5) is 27.2. The number of amides is 1. The molecule has 0 atom stereocenters. The second-order valence-electron chi connectivity index (χ2n) is 8.27. The van der Waals surface area contributed by atoms with Crippen LogP contribution in [-0.2, 0) is 4.74 Å². The van der Waals surface area contributed by atoms with Crippen molar-refractivity contribution >= 4 is 28.2 Å². The van der Waals surface area contributed by atoms with Crippen LogP contribution in [0.25, 0.3) is 11.4 Å². The van der Waals surface area contributed by atoms with Crippen LogP contribution in [0, 0.1) is 0 Å². The van der Waals surface area contributed by atoms with E-state index in [-0.39, 0.29) is 0 Å². The Kier molecular flexibility index (Phi) is 7.60. The van der Waals surface area contributed by atoms with E-state index in [2.05, 4.69) is 30.5 Å². The van der Waals surface area contributed by atoms with Crippen molar-refractivity contribution in [3.05, 3.63) is 42.0 Å². The number of rotatable bonds is 8. The number of likely N-dealkylation sites (N-methyl/N-ethyl adjacent to an activating group) is 1. The summed E-state index contributed by atoms with van der Waals surface area (Å²) in [7, 11) is 4.06. The number of ether oxygens (including phenoxy) is 2. The highest BCUT2D eigenvalue weighted by atomic mass is 32.1. The van der Waals surface area contributed by atoms with Gasteiger partial charge in [-0.3, -0.25) is 5.32 Å². The molecular weight excluding hydrogens is 428 g/mol. The fourth-order valence-corrected chi connectivity index (χ4v) is 3.31. The molecular formula is C22H28N6O3S. The van der Waals surface area contributed by atoms with Gasteiger partial charge in [-0.25, -0.2) is 19.7 Å². The Morgan fingerprint density at radius 1 is 1.16 bits per heavy atom. The lowest BCUT2D eigenvalue weighted by Gasteiger charge is -2.19. The van der Waals surface area contributed by atoms with Crippen molar-refractivity contribution < 1.29 is 14.3 Å². The van der Waals surface area contributed by atoms with Crippen LogP contribution in [-0.4, -0.2) is 58.7 Å². The fourth-order valence-electron chi connectivity index (χ4n) is 2.57. The smallest absolute Gasteiger partial charge is 0.412 e. The number of aromatic nitrogens is 3. The van der Waals surface area contributed by atoms with E-state index in [1.54, 1.807) is 30.3 Å². The molecule has 2 heterocycles. The second kappa shape index (κ2) is 10.4. The molecule has 0 saturated heterocycles. The molecule has 0 saturated carbocycles. The van der Waals surface area contributed by atoms with Gasteiger partial charge in [-0.15, -0.1) is 11.3 Å². The SMILES string of the molecule is CN(C)CCNc1nc(-c2cc(Oc3cccc(NC(=O)OC(C)(C)C)c3)ncn2)cs1. The summed E-state index contributed by atoms with van der Waals surface area (Å²) in [5, 5.41) is 8.78. The predicted molar refractivity (Wildman–Crippen MR) is 127 cm³/mol. The van der Waals surface area contributed by atoms with Crippen LogP contribution in [0.5, 0.6) is 11.6 Å². The summed E-state index contributed by atoms with van der Waals surface area (Å²) in [6.45, 7) is 7.16. The van der Waals surface area contributed by atoms with Crippen LogP contribution in [0.4, 0.5) is 15.6 Å². The normalized spacial score (nSPS) is 11.3. The molecule has 3 rings (SSSR count). The van der Waals surface area contributed by atoms with Gasteiger partial charge in [-0.05, 0) is 47.0 Å². The topological polar surface area (TPSA) is 102 Å². The van der Waals surface area contributed by atoms with Crippen molar-refractivity contribution in [1.82, 2.24) is 19.9 Å². The highest BCUT2D eigenvalue weighted by Crippen LogP contribution is 2.28. The number of carbonyl (C=O) groups excluding carboxylic acids is 1. The number of nitrogens with zero attached hydrogens (tertiary/aromatic N) is 4. The molecule has 170 valence electrons. The number of hydrogen-bond acceptors (Lipinski definition) is 9. The minimum atomic E-state index is -0.576. The number of benzene rings is 1. The van der Waals surface area contributed by atoms with Gasteiger partial charge in [-0.2, -0.15) is 0 Å². The van der Waals surface area contributed by atoms with Crippen LogP contribution in [0.15, 0.2) is 42.0 Å². The number of anilines is 2. The maximum atomic E-state index is 12.0. The van der Waals surface area contributed by atoms with E-state index in [1.165, 1.54) is 17.7 Å². The molecule has 1 aromatic carbocycles. The van der Waals surface area contributed by atoms with Crippen LogP contribution in [0.3, 0.4) is 0 Å². The summed E-state index contributed by atoms with van der Waals surface area (Å²) in [6, 6.07) is 8.73. The van der Waals surface area contributed by atoms with E-state index in [1.807, 2.05) is 40.2 Å². The van der Waals surface area contributed by atoms with Crippen LogP contribution < -0.4 is 15.4 Å². The first-order valence-corrected chi connectivity index (χ1v) is 11.0. The summed E-state index contributed by atoms with van der Waals surface area (Å²) in [5.41, 5.74) is 1.39. The molecule has 3 aromatic rings. The van der Waals surface area contributed by atoms with Gasteiger partial charge in [0, 0.05) is 36.3 Å². The van der Waals surface area contributed by atoms with Crippen molar-refractivity contribution in [2.24, 2.45) is 0 Å². The van der Waals surface area contributed by atoms with Gasteiger partial charge in [-0.1, -0.05) is 6.07 Å². The lowest BCUT2D eigenvalue weighted by Crippen LogP contribution is -2.27. The molecule has 1 amide bonds. The Morgan fingerprint density at radius 3 is 2.72 bits per heavy atom. The van der Waals surface area contributed by atoms with Crippen LogP contribution >= 0.6 is 11.3 Å². The minimum absolute atomic E-state index is 0.375. The lowest BCUT2D eigenvalue weighted by molar-refractivity contribution is 0.0636. The zero-order chi connectivity index (χ0) is 23.1. The molecule has 2 aromatic heterocycles. The Bertz CT molecular complexity index is 1050. The first-order chi connectivity index (χ1) is 15.2. The molecule has 0 fully saturated rings. The molecule has 2 N–H and O–H groups in total. The Hall–Kier alpha value is -3.24. The van der Waals surface area contributed by atoms with Crippen molar-refractivity contribution in [3.8, 4) is 23.0 Å². The van der Waals surface area contributed by atoms with Gasteiger partial charge >= 0.3 is 6.09 Å². The monoisotopic (exact) mass is 456 g/mol. The predicted octanol–water partition coefficient (Wildman–Crippen LogP) is 4.71.